The van der Waals surface area contributed by atoms with Crippen molar-refractivity contribution in [3.8, 4) is 0 Å². The summed E-state index contributed by atoms with van der Waals surface area (Å²) in [4.78, 5) is 10.2. The van der Waals surface area contributed by atoms with Gasteiger partial charge >= 0.3 is 0 Å². The molecule has 0 bridgehead atoms. The van der Waals surface area contributed by atoms with E-state index in [-0.39, 0.29) is 16.5 Å². The molecule has 2 aliphatic rings. The predicted octanol–water partition coefficient (Wildman–Crippen LogP) is 6.31. The normalized spacial score (nSPS) is 15.5. The number of nitrogens with zero attached hydrogens (tertiary/aromatic N) is 4. The van der Waals surface area contributed by atoms with Crippen molar-refractivity contribution in [2.45, 2.75) is 26.7 Å². The first-order chi connectivity index (χ1) is 16.3. The molecular formula is C24H24N4NiS6. The molecule has 0 unspecified atom stereocenters. The fourth-order valence-electron chi connectivity index (χ4n) is 3.46. The number of hydrogen-bond donors (Lipinski definition) is 0. The van der Waals surface area contributed by atoms with E-state index < -0.39 is 0 Å². The molecule has 2 saturated heterocycles. The summed E-state index contributed by atoms with van der Waals surface area (Å²) in [7, 11) is 0. The third-order valence-corrected chi connectivity index (χ3v) is 7.67. The zero-order chi connectivity index (χ0) is 24.8. The Morgan fingerprint density at radius 2 is 0.829 bits per heavy atom. The van der Waals surface area contributed by atoms with E-state index in [1.54, 1.807) is 0 Å². The van der Waals surface area contributed by atoms with Gasteiger partial charge in [0.05, 0.1) is 0 Å². The molecule has 4 rings (SSSR count). The molecule has 2 aromatic rings. The monoisotopic (exact) mass is 618 g/mol. The molecule has 0 atom stereocenters. The molecule has 0 amide bonds. The Morgan fingerprint density at radius 1 is 0.514 bits per heavy atom. The fraction of sp³-hybridized carbons (Fsp3) is 0.250. The van der Waals surface area contributed by atoms with Crippen molar-refractivity contribution in [3.05, 3.63) is 60.7 Å². The minimum Gasteiger partial charge on any atom is -0.307 e. The number of benzene rings is 2. The molecule has 186 valence electrons. The van der Waals surface area contributed by atoms with Gasteiger partial charge < -0.3 is 9.80 Å². The van der Waals surface area contributed by atoms with E-state index in [0.717, 1.165) is 37.3 Å². The predicted molar refractivity (Wildman–Crippen MR) is 167 cm³/mol. The summed E-state index contributed by atoms with van der Waals surface area (Å²) in [6.45, 7) is 5.83. The first-order valence-corrected chi connectivity index (χ1v) is 13.3. The Balaban J connectivity index is 0.000000240. The molecule has 0 aromatic heterocycles. The maximum absolute atomic E-state index is 5.44. The van der Waals surface area contributed by atoms with Crippen LogP contribution in [0, 0.1) is 0 Å². The van der Waals surface area contributed by atoms with Crippen LogP contribution in [0.5, 0.6) is 0 Å². The van der Waals surface area contributed by atoms with Gasteiger partial charge in [-0.15, -0.1) is 0 Å². The zero-order valence-electron chi connectivity index (χ0n) is 19.2. The number of rotatable bonds is 6. The molecule has 0 spiro atoms. The average molecular weight is 620 g/mol. The third kappa shape index (κ3) is 6.52. The Hall–Kier alpha value is -1.33. The molecule has 0 saturated carbocycles. The van der Waals surface area contributed by atoms with Crippen LogP contribution in [0.3, 0.4) is 0 Å². The minimum atomic E-state index is 0. The van der Waals surface area contributed by atoms with Crippen LogP contribution in [0.1, 0.15) is 26.7 Å². The Morgan fingerprint density at radius 3 is 1.11 bits per heavy atom. The minimum absolute atomic E-state index is 0. The van der Waals surface area contributed by atoms with E-state index in [4.69, 9.17) is 73.3 Å². The van der Waals surface area contributed by atoms with Crippen molar-refractivity contribution >= 4 is 115 Å². The molecule has 2 aliphatic heterocycles. The largest absolute Gasteiger partial charge is 0.307 e. The summed E-state index contributed by atoms with van der Waals surface area (Å²) < 4.78 is 0. The molecular weight excluding hydrogens is 595 g/mol. The van der Waals surface area contributed by atoms with Gasteiger partial charge in [-0.2, -0.15) is 0 Å². The standard InChI is InChI=1S/2C12H12N2S3.Ni/c2*1-2-8-13-10(15)11(16)14(12(13)17)9-6-4-3-5-7-9;/h2*3-7H,2,8H2,1H3;. The van der Waals surface area contributed by atoms with Crippen LogP contribution in [0.2, 0.25) is 0 Å². The second-order valence-corrected chi connectivity index (χ2v) is 9.71. The van der Waals surface area contributed by atoms with Crippen molar-refractivity contribution < 1.29 is 16.5 Å². The zero-order valence-corrected chi connectivity index (χ0v) is 25.0. The number of anilines is 2. The van der Waals surface area contributed by atoms with Crippen molar-refractivity contribution in [1.29, 1.82) is 0 Å². The van der Waals surface area contributed by atoms with E-state index in [2.05, 4.69) is 13.8 Å². The summed E-state index contributed by atoms with van der Waals surface area (Å²) in [6, 6.07) is 19.7. The van der Waals surface area contributed by atoms with Gasteiger partial charge in [0, 0.05) is 41.0 Å². The van der Waals surface area contributed by atoms with Gasteiger partial charge in [0.2, 0.25) is 0 Å². The fourth-order valence-corrected chi connectivity index (χ4v) is 5.59. The van der Waals surface area contributed by atoms with E-state index in [9.17, 15) is 0 Å². The van der Waals surface area contributed by atoms with E-state index in [1.807, 2.05) is 80.3 Å². The third-order valence-electron chi connectivity index (χ3n) is 5.03. The van der Waals surface area contributed by atoms with Crippen LogP contribution < -0.4 is 9.80 Å². The Labute approximate surface area is 249 Å². The summed E-state index contributed by atoms with van der Waals surface area (Å²) >= 11 is 32.3. The maximum atomic E-state index is 5.44. The number of thiocarbonyl (C=S) groups is 6. The number of hydrogen-bond acceptors (Lipinski definition) is 6. The summed E-state index contributed by atoms with van der Waals surface area (Å²) in [6.07, 6.45) is 1.98. The molecule has 0 N–H and O–H groups in total. The Kier molecular flexibility index (Phi) is 11.8. The van der Waals surface area contributed by atoms with Gasteiger partial charge in [-0.3, -0.25) is 9.80 Å². The van der Waals surface area contributed by atoms with Gasteiger partial charge in [-0.05, 0) is 61.5 Å². The van der Waals surface area contributed by atoms with Gasteiger partial charge in [-0.1, -0.05) is 99.1 Å². The first-order valence-electron chi connectivity index (χ1n) is 10.8. The molecule has 4 nitrogen and oxygen atoms in total. The van der Waals surface area contributed by atoms with Crippen molar-refractivity contribution in [2.75, 3.05) is 22.9 Å². The van der Waals surface area contributed by atoms with Gasteiger partial charge in [0.1, 0.15) is 20.0 Å². The van der Waals surface area contributed by atoms with Crippen LogP contribution >= 0.6 is 73.3 Å². The number of para-hydroxylation sites is 2. The van der Waals surface area contributed by atoms with Crippen molar-refractivity contribution in [3.63, 3.8) is 0 Å². The second kappa shape index (κ2) is 13.8. The van der Waals surface area contributed by atoms with Gasteiger partial charge in [0.15, 0.2) is 10.2 Å². The van der Waals surface area contributed by atoms with Crippen LogP contribution in [0.15, 0.2) is 60.7 Å². The molecule has 2 fully saturated rings. The van der Waals surface area contributed by atoms with Crippen LogP contribution in [-0.2, 0) is 16.5 Å². The molecule has 2 heterocycles. The first kappa shape index (κ1) is 29.9. The molecule has 0 radical (unpaired) electrons. The SMILES string of the molecule is CCCN1C(=S)C(=S)N(c2ccccc2)C1=S.CCCN1C(=S)C(=S)N(c2ccccc2)C1=S.[Ni]. The summed E-state index contributed by atoms with van der Waals surface area (Å²) in [5.41, 5.74) is 1.95. The van der Waals surface area contributed by atoms with E-state index in [1.165, 1.54) is 0 Å². The Bertz CT molecular complexity index is 1040. The summed E-state index contributed by atoms with van der Waals surface area (Å²) in [5.74, 6) is 0. The molecule has 35 heavy (non-hydrogen) atoms. The quantitative estimate of drug-likeness (QED) is 0.268. The molecule has 11 heteroatoms. The maximum Gasteiger partial charge on any atom is 0.186 e. The molecule has 0 aliphatic carbocycles. The van der Waals surface area contributed by atoms with Crippen LogP contribution in [0.4, 0.5) is 11.4 Å². The van der Waals surface area contributed by atoms with Crippen molar-refractivity contribution in [1.82, 2.24) is 9.80 Å². The van der Waals surface area contributed by atoms with Gasteiger partial charge in [0.25, 0.3) is 0 Å². The smallest absolute Gasteiger partial charge is 0.186 e. The topological polar surface area (TPSA) is 13.0 Å². The van der Waals surface area contributed by atoms with Crippen LogP contribution in [-0.4, -0.2) is 53.1 Å². The van der Waals surface area contributed by atoms with Gasteiger partial charge in [-0.25, -0.2) is 0 Å². The van der Waals surface area contributed by atoms with E-state index >= 15 is 0 Å². The molecule has 2 aromatic carbocycles. The van der Waals surface area contributed by atoms with E-state index in [0.29, 0.717) is 30.2 Å². The average Bonchev–Trinajstić information content (AvgIpc) is 3.19. The van der Waals surface area contributed by atoms with Crippen molar-refractivity contribution in [2.24, 2.45) is 0 Å². The summed E-state index contributed by atoms with van der Waals surface area (Å²) in [5, 5.41) is 1.38. The van der Waals surface area contributed by atoms with Crippen LogP contribution in [0.25, 0.3) is 0 Å². The second-order valence-electron chi connectivity index (χ2n) is 7.43.